The zero-order valence-electron chi connectivity index (χ0n) is 12.3. The summed E-state index contributed by atoms with van der Waals surface area (Å²) in [5.74, 6) is 0.000365. The first kappa shape index (κ1) is 14.7. The van der Waals surface area contributed by atoms with E-state index in [1.165, 1.54) is 22.2 Å². The van der Waals surface area contributed by atoms with E-state index in [1.807, 2.05) is 43.3 Å². The van der Waals surface area contributed by atoms with Crippen molar-refractivity contribution in [1.82, 2.24) is 9.55 Å². The number of aryl methyl sites for hydroxylation is 1. The molecule has 0 spiro atoms. The molecule has 0 aliphatic rings. The summed E-state index contributed by atoms with van der Waals surface area (Å²) in [4.78, 5) is 30.7. The predicted octanol–water partition coefficient (Wildman–Crippen LogP) is 2.83. The van der Waals surface area contributed by atoms with Crippen LogP contribution in [-0.2, 0) is 24.2 Å². The van der Waals surface area contributed by atoms with Gasteiger partial charge in [-0.3, -0.25) is 14.2 Å². The zero-order valence-corrected chi connectivity index (χ0v) is 13.1. The number of aromatic nitrogens is 2. The molecule has 0 aliphatic carbocycles. The Balaban J connectivity index is 1.83. The second kappa shape index (κ2) is 6.23. The Kier molecular flexibility index (Phi) is 4.15. The van der Waals surface area contributed by atoms with Crippen molar-refractivity contribution in [2.24, 2.45) is 0 Å². The van der Waals surface area contributed by atoms with E-state index in [-0.39, 0.29) is 17.9 Å². The van der Waals surface area contributed by atoms with Crippen molar-refractivity contribution >= 4 is 27.3 Å². The molecule has 0 bridgehead atoms. The third kappa shape index (κ3) is 2.99. The summed E-state index contributed by atoms with van der Waals surface area (Å²) in [7, 11) is 0. The Morgan fingerprint density at radius 2 is 2.05 bits per heavy atom. The lowest BCUT2D eigenvalue weighted by molar-refractivity contribution is -0.119. The maximum absolute atomic E-state index is 12.4. The Labute approximate surface area is 132 Å². The quantitative estimate of drug-likeness (QED) is 0.728. The number of carbonyl (C=O) groups excluding carboxylic acids is 1. The lowest BCUT2D eigenvalue weighted by Gasteiger charge is -2.04. The summed E-state index contributed by atoms with van der Waals surface area (Å²) in [6.45, 7) is 2.11. The summed E-state index contributed by atoms with van der Waals surface area (Å²) in [6, 6.07) is 11.4. The molecule has 5 heteroatoms. The van der Waals surface area contributed by atoms with E-state index in [2.05, 4.69) is 4.98 Å². The number of thiophene rings is 1. The van der Waals surface area contributed by atoms with E-state index in [0.29, 0.717) is 11.8 Å². The van der Waals surface area contributed by atoms with Crippen molar-refractivity contribution in [3.05, 3.63) is 63.5 Å². The van der Waals surface area contributed by atoms with Gasteiger partial charge in [-0.15, -0.1) is 11.3 Å². The lowest BCUT2D eigenvalue weighted by Crippen LogP contribution is -2.25. The fourth-order valence-corrected chi connectivity index (χ4v) is 3.29. The van der Waals surface area contributed by atoms with Crippen LogP contribution in [0.25, 0.3) is 10.2 Å². The molecular weight excluding hydrogens is 296 g/mol. The summed E-state index contributed by atoms with van der Waals surface area (Å²) in [5, 5.41) is 0.608. The smallest absolute Gasteiger partial charge is 0.262 e. The Bertz CT molecular complexity index is 865. The first-order valence-corrected chi connectivity index (χ1v) is 8.02. The molecular formula is C17H16N2O2S. The fourth-order valence-electron chi connectivity index (χ4n) is 2.37. The number of hydrogen-bond acceptors (Lipinski definition) is 4. The van der Waals surface area contributed by atoms with Gasteiger partial charge in [0.1, 0.15) is 4.83 Å². The van der Waals surface area contributed by atoms with Gasteiger partial charge in [0.05, 0.1) is 18.3 Å². The van der Waals surface area contributed by atoms with Gasteiger partial charge in [-0.05, 0) is 18.1 Å². The van der Waals surface area contributed by atoms with Crippen LogP contribution in [0.5, 0.6) is 0 Å². The monoisotopic (exact) mass is 312 g/mol. The summed E-state index contributed by atoms with van der Waals surface area (Å²) in [6.07, 6.45) is 2.69. The molecule has 4 nitrogen and oxygen atoms in total. The standard InChI is InChI=1S/C17H16N2O2S/c1-2-14-9-15-16(22-14)18-11-19(17(15)21)10-13(20)8-12-6-4-3-5-7-12/h3-7,9,11H,2,8,10H2,1H3. The van der Waals surface area contributed by atoms with Gasteiger partial charge in [-0.25, -0.2) is 4.98 Å². The topological polar surface area (TPSA) is 52.0 Å². The molecule has 3 rings (SSSR count). The van der Waals surface area contributed by atoms with Gasteiger partial charge >= 0.3 is 0 Å². The van der Waals surface area contributed by atoms with Crippen LogP contribution < -0.4 is 5.56 Å². The van der Waals surface area contributed by atoms with Gasteiger partial charge in [0.15, 0.2) is 5.78 Å². The molecule has 0 fully saturated rings. The number of carbonyl (C=O) groups is 1. The number of nitrogens with zero attached hydrogens (tertiary/aromatic N) is 2. The Morgan fingerprint density at radius 3 is 2.77 bits per heavy atom. The highest BCUT2D eigenvalue weighted by Gasteiger charge is 2.11. The van der Waals surface area contributed by atoms with E-state index in [1.54, 1.807) is 0 Å². The Hall–Kier alpha value is -2.27. The highest BCUT2D eigenvalue weighted by molar-refractivity contribution is 7.18. The van der Waals surface area contributed by atoms with Crippen LogP contribution in [0.15, 0.2) is 47.5 Å². The van der Waals surface area contributed by atoms with E-state index in [9.17, 15) is 9.59 Å². The third-order valence-electron chi connectivity index (χ3n) is 3.51. The normalized spacial score (nSPS) is 11.0. The molecule has 0 saturated carbocycles. The second-order valence-electron chi connectivity index (χ2n) is 5.16. The molecule has 22 heavy (non-hydrogen) atoms. The number of rotatable bonds is 5. The molecule has 1 aromatic carbocycles. The van der Waals surface area contributed by atoms with E-state index < -0.39 is 0 Å². The van der Waals surface area contributed by atoms with E-state index in [4.69, 9.17) is 0 Å². The minimum atomic E-state index is -0.137. The summed E-state index contributed by atoms with van der Waals surface area (Å²) < 4.78 is 1.40. The third-order valence-corrected chi connectivity index (χ3v) is 4.70. The molecule has 0 radical (unpaired) electrons. The van der Waals surface area contributed by atoms with Gasteiger partial charge in [0.25, 0.3) is 5.56 Å². The van der Waals surface area contributed by atoms with Crippen molar-refractivity contribution in [1.29, 1.82) is 0 Å². The average Bonchev–Trinajstić information content (AvgIpc) is 2.95. The molecule has 0 N–H and O–H groups in total. The average molecular weight is 312 g/mol. The van der Waals surface area contributed by atoms with Crippen LogP contribution in [0.1, 0.15) is 17.4 Å². The fraction of sp³-hybridized carbons (Fsp3) is 0.235. The number of hydrogen-bond donors (Lipinski definition) is 0. The SMILES string of the molecule is CCc1cc2c(=O)n(CC(=O)Cc3ccccc3)cnc2s1. The van der Waals surface area contributed by atoms with Crippen molar-refractivity contribution in [3.8, 4) is 0 Å². The second-order valence-corrected chi connectivity index (χ2v) is 6.28. The zero-order chi connectivity index (χ0) is 15.5. The maximum atomic E-state index is 12.4. The van der Waals surface area contributed by atoms with Crippen LogP contribution >= 0.6 is 11.3 Å². The van der Waals surface area contributed by atoms with Gasteiger partial charge < -0.3 is 0 Å². The predicted molar refractivity (Wildman–Crippen MR) is 88.4 cm³/mol. The van der Waals surface area contributed by atoms with Crippen LogP contribution in [0.2, 0.25) is 0 Å². The van der Waals surface area contributed by atoms with Crippen LogP contribution in [0, 0.1) is 0 Å². The molecule has 0 amide bonds. The minimum Gasteiger partial charge on any atom is -0.297 e. The van der Waals surface area contributed by atoms with E-state index >= 15 is 0 Å². The van der Waals surface area contributed by atoms with Crippen LogP contribution in [-0.4, -0.2) is 15.3 Å². The first-order chi connectivity index (χ1) is 10.7. The summed E-state index contributed by atoms with van der Waals surface area (Å²) in [5.41, 5.74) is 0.820. The molecule has 2 aromatic heterocycles. The lowest BCUT2D eigenvalue weighted by atomic mass is 10.1. The van der Waals surface area contributed by atoms with Gasteiger partial charge in [0, 0.05) is 11.3 Å². The minimum absolute atomic E-state index is 0.000365. The molecule has 0 saturated heterocycles. The van der Waals surface area contributed by atoms with Gasteiger partial charge in [0.2, 0.25) is 0 Å². The molecule has 0 unspecified atom stereocenters. The first-order valence-electron chi connectivity index (χ1n) is 7.21. The number of benzene rings is 1. The van der Waals surface area contributed by atoms with E-state index in [0.717, 1.165) is 21.7 Å². The molecule has 112 valence electrons. The van der Waals surface area contributed by atoms with Crippen molar-refractivity contribution in [2.45, 2.75) is 26.3 Å². The van der Waals surface area contributed by atoms with Gasteiger partial charge in [-0.1, -0.05) is 37.3 Å². The maximum Gasteiger partial charge on any atom is 0.262 e. The highest BCUT2D eigenvalue weighted by Crippen LogP contribution is 2.20. The number of fused-ring (bicyclic) bond motifs is 1. The number of Topliss-reactive ketones (excluding diaryl/α,β-unsaturated/α-hetero) is 1. The van der Waals surface area contributed by atoms with Gasteiger partial charge in [-0.2, -0.15) is 0 Å². The van der Waals surface area contributed by atoms with Crippen LogP contribution in [0.4, 0.5) is 0 Å². The highest BCUT2D eigenvalue weighted by atomic mass is 32.1. The molecule has 0 atom stereocenters. The van der Waals surface area contributed by atoms with Crippen LogP contribution in [0.3, 0.4) is 0 Å². The summed E-state index contributed by atoms with van der Waals surface area (Å²) >= 11 is 1.53. The largest absolute Gasteiger partial charge is 0.297 e. The molecule has 2 heterocycles. The number of ketones is 1. The van der Waals surface area contributed by atoms with Crippen molar-refractivity contribution in [2.75, 3.05) is 0 Å². The molecule has 0 aliphatic heterocycles. The van der Waals surface area contributed by atoms with Crippen molar-refractivity contribution < 1.29 is 4.79 Å². The Morgan fingerprint density at radius 1 is 1.27 bits per heavy atom. The molecule has 3 aromatic rings. The van der Waals surface area contributed by atoms with Crippen molar-refractivity contribution in [3.63, 3.8) is 0 Å².